The van der Waals surface area contributed by atoms with Gasteiger partial charge in [0.05, 0.1) is 11.2 Å². The van der Waals surface area contributed by atoms with E-state index in [2.05, 4.69) is 116 Å². The van der Waals surface area contributed by atoms with Gasteiger partial charge in [0.15, 0.2) is 0 Å². The normalized spacial score (nSPS) is 11.8. The number of nitrogens with zero attached hydrogens (tertiary/aromatic N) is 1. The van der Waals surface area contributed by atoms with Crippen LogP contribution in [0.2, 0.25) is 0 Å². The van der Waals surface area contributed by atoms with Crippen LogP contribution in [0.5, 0.6) is 0 Å². The van der Waals surface area contributed by atoms with E-state index < -0.39 is 0 Å². The summed E-state index contributed by atoms with van der Waals surface area (Å²) in [5.41, 5.74) is 4.55. The van der Waals surface area contributed by atoms with Gasteiger partial charge in [0.2, 0.25) is 0 Å². The third kappa shape index (κ3) is 2.69. The van der Waals surface area contributed by atoms with E-state index in [0.717, 1.165) is 16.8 Å². The molecule has 1 heterocycles. The maximum Gasteiger partial charge on any atom is 0.0800 e. The summed E-state index contributed by atoms with van der Waals surface area (Å²) in [6, 6.07) is 39.4. The molecule has 0 unspecified atom stereocenters. The summed E-state index contributed by atoms with van der Waals surface area (Å²) in [5, 5.41) is 11.2. The molecule has 154 valence electrons. The van der Waals surface area contributed by atoms with Gasteiger partial charge in [-0.15, -0.1) is 0 Å². The van der Waals surface area contributed by atoms with Crippen molar-refractivity contribution >= 4 is 54.0 Å². The van der Waals surface area contributed by atoms with Crippen molar-refractivity contribution in [1.29, 1.82) is 0 Å². The number of aryl methyl sites for hydroxylation is 1. The van der Waals surface area contributed by atoms with Crippen LogP contribution >= 0.6 is 0 Å². The number of hydrogen-bond acceptors (Lipinski definition) is 1. The molecule has 1 heteroatoms. The van der Waals surface area contributed by atoms with Crippen molar-refractivity contribution in [3.05, 3.63) is 115 Å². The standard InChI is InChI=1S/C32H21N/c1-20-14-15-22-19-23(17-16-21(22)18-20)31-29-13-7-5-11-27(29)30-26-10-4-2-8-24(26)25-9-3-6-12-28(25)32(30)33-31/h2-19H,1H3. The first-order chi connectivity index (χ1) is 16.3. The number of rotatable bonds is 1. The number of pyridine rings is 1. The van der Waals surface area contributed by atoms with Gasteiger partial charge in [0.25, 0.3) is 0 Å². The molecule has 0 N–H and O–H groups in total. The minimum absolute atomic E-state index is 1.04. The van der Waals surface area contributed by atoms with Crippen molar-refractivity contribution < 1.29 is 0 Å². The second-order valence-electron chi connectivity index (χ2n) is 8.89. The first-order valence-corrected chi connectivity index (χ1v) is 11.4. The highest BCUT2D eigenvalue weighted by molar-refractivity contribution is 6.31. The highest BCUT2D eigenvalue weighted by Gasteiger charge is 2.16. The van der Waals surface area contributed by atoms with Crippen LogP contribution in [-0.2, 0) is 0 Å². The fourth-order valence-corrected chi connectivity index (χ4v) is 5.32. The molecule has 0 aliphatic heterocycles. The molecule has 0 saturated carbocycles. The lowest BCUT2D eigenvalue weighted by Gasteiger charge is -2.15. The van der Waals surface area contributed by atoms with Gasteiger partial charge in [-0.2, -0.15) is 0 Å². The Morgan fingerprint density at radius 2 is 1.03 bits per heavy atom. The van der Waals surface area contributed by atoms with Crippen molar-refractivity contribution in [2.24, 2.45) is 0 Å². The molecule has 0 fully saturated rings. The minimum atomic E-state index is 1.04. The summed E-state index contributed by atoms with van der Waals surface area (Å²) in [7, 11) is 0. The first kappa shape index (κ1) is 18.4. The molecular weight excluding hydrogens is 398 g/mol. The van der Waals surface area contributed by atoms with E-state index in [9.17, 15) is 0 Å². The van der Waals surface area contributed by atoms with Gasteiger partial charge in [-0.1, -0.05) is 109 Å². The summed E-state index contributed by atoms with van der Waals surface area (Å²) in [6.07, 6.45) is 0. The maximum atomic E-state index is 5.38. The molecule has 7 rings (SSSR count). The van der Waals surface area contributed by atoms with E-state index in [-0.39, 0.29) is 0 Å². The van der Waals surface area contributed by atoms with Crippen molar-refractivity contribution in [3.63, 3.8) is 0 Å². The van der Waals surface area contributed by atoms with E-state index in [0.29, 0.717) is 0 Å². The summed E-state index contributed by atoms with van der Waals surface area (Å²) < 4.78 is 0. The Kier molecular flexibility index (Phi) is 3.83. The number of fused-ring (bicyclic) bond motifs is 9. The van der Waals surface area contributed by atoms with Gasteiger partial charge in [-0.05, 0) is 45.3 Å². The van der Waals surface area contributed by atoms with Gasteiger partial charge in [0.1, 0.15) is 0 Å². The Hall–Kier alpha value is -4.23. The van der Waals surface area contributed by atoms with Crippen LogP contribution in [0.3, 0.4) is 0 Å². The molecule has 0 bridgehead atoms. The van der Waals surface area contributed by atoms with Gasteiger partial charge in [-0.25, -0.2) is 4.98 Å². The van der Waals surface area contributed by atoms with Crippen LogP contribution in [0, 0.1) is 6.92 Å². The van der Waals surface area contributed by atoms with Crippen LogP contribution in [-0.4, -0.2) is 4.98 Å². The first-order valence-electron chi connectivity index (χ1n) is 11.4. The summed E-state index contributed by atoms with van der Waals surface area (Å²) in [4.78, 5) is 5.38. The lowest BCUT2D eigenvalue weighted by atomic mass is 9.92. The molecule has 1 aromatic heterocycles. The minimum Gasteiger partial charge on any atom is -0.246 e. The van der Waals surface area contributed by atoms with E-state index in [1.165, 1.54) is 54.0 Å². The van der Waals surface area contributed by atoms with Crippen LogP contribution < -0.4 is 0 Å². The molecule has 0 atom stereocenters. The van der Waals surface area contributed by atoms with Crippen LogP contribution in [0.25, 0.3) is 65.3 Å². The predicted octanol–water partition coefficient (Wildman–Crippen LogP) is 8.82. The monoisotopic (exact) mass is 419 g/mol. The Morgan fingerprint density at radius 1 is 0.485 bits per heavy atom. The van der Waals surface area contributed by atoms with Crippen LogP contribution in [0.15, 0.2) is 109 Å². The molecule has 0 aliphatic rings. The fourth-order valence-electron chi connectivity index (χ4n) is 5.32. The smallest absolute Gasteiger partial charge is 0.0800 e. The molecule has 0 spiro atoms. The van der Waals surface area contributed by atoms with E-state index in [1.807, 2.05) is 0 Å². The molecule has 1 nitrogen and oxygen atoms in total. The zero-order valence-corrected chi connectivity index (χ0v) is 18.3. The third-order valence-corrected chi connectivity index (χ3v) is 6.85. The van der Waals surface area contributed by atoms with E-state index in [1.54, 1.807) is 0 Å². The summed E-state index contributed by atoms with van der Waals surface area (Å²) in [5.74, 6) is 0. The Balaban J connectivity index is 1.68. The fraction of sp³-hybridized carbons (Fsp3) is 0.0312. The van der Waals surface area contributed by atoms with Gasteiger partial charge in [-0.3, -0.25) is 0 Å². The van der Waals surface area contributed by atoms with Crippen molar-refractivity contribution in [2.45, 2.75) is 6.92 Å². The number of aromatic nitrogens is 1. The average molecular weight is 420 g/mol. The largest absolute Gasteiger partial charge is 0.246 e. The number of hydrogen-bond donors (Lipinski definition) is 0. The van der Waals surface area contributed by atoms with Crippen LogP contribution in [0.4, 0.5) is 0 Å². The van der Waals surface area contributed by atoms with Crippen molar-refractivity contribution in [2.75, 3.05) is 0 Å². The molecule has 0 saturated heterocycles. The van der Waals surface area contributed by atoms with E-state index >= 15 is 0 Å². The molecule has 7 aromatic rings. The quantitative estimate of drug-likeness (QED) is 0.242. The van der Waals surface area contributed by atoms with Crippen molar-refractivity contribution in [1.82, 2.24) is 4.98 Å². The number of benzene rings is 6. The lowest BCUT2D eigenvalue weighted by Crippen LogP contribution is -1.92. The Labute approximate surface area is 191 Å². The molecule has 0 radical (unpaired) electrons. The SMILES string of the molecule is Cc1ccc2cc(-c3nc4c5ccccc5c5ccccc5c4c4ccccc34)ccc2c1. The Bertz CT molecular complexity index is 1880. The maximum absolute atomic E-state index is 5.38. The van der Waals surface area contributed by atoms with Crippen molar-refractivity contribution in [3.8, 4) is 11.3 Å². The second-order valence-corrected chi connectivity index (χ2v) is 8.89. The molecule has 0 aliphatic carbocycles. The highest BCUT2D eigenvalue weighted by Crippen LogP contribution is 2.41. The predicted molar refractivity (Wildman–Crippen MR) is 142 cm³/mol. The summed E-state index contributed by atoms with van der Waals surface area (Å²) >= 11 is 0. The molecule has 33 heavy (non-hydrogen) atoms. The highest BCUT2D eigenvalue weighted by atomic mass is 14.7. The van der Waals surface area contributed by atoms with Gasteiger partial charge in [0, 0.05) is 21.7 Å². The molecule has 0 amide bonds. The van der Waals surface area contributed by atoms with Gasteiger partial charge >= 0.3 is 0 Å². The zero-order valence-electron chi connectivity index (χ0n) is 18.3. The van der Waals surface area contributed by atoms with Gasteiger partial charge < -0.3 is 0 Å². The molecular formula is C32H21N. The van der Waals surface area contributed by atoms with Crippen LogP contribution in [0.1, 0.15) is 5.56 Å². The van der Waals surface area contributed by atoms with E-state index in [4.69, 9.17) is 4.98 Å². The Morgan fingerprint density at radius 3 is 1.79 bits per heavy atom. The average Bonchev–Trinajstić information content (AvgIpc) is 2.88. The molecule has 6 aromatic carbocycles. The zero-order chi connectivity index (χ0) is 21.9. The second kappa shape index (κ2) is 6.88. The third-order valence-electron chi connectivity index (χ3n) is 6.85. The lowest BCUT2D eigenvalue weighted by molar-refractivity contribution is 1.44. The topological polar surface area (TPSA) is 12.9 Å². The summed E-state index contributed by atoms with van der Waals surface area (Å²) in [6.45, 7) is 2.14.